The Balaban J connectivity index is 1.95. The maximum atomic E-state index is 13.2. The maximum Gasteiger partial charge on any atom is 0.418 e. The van der Waals surface area contributed by atoms with E-state index in [1.807, 2.05) is 0 Å². The fraction of sp³-hybridized carbons (Fsp3) is 0.368. The normalized spacial score (nSPS) is 18.0. The number of aromatic hydroxyl groups is 1. The summed E-state index contributed by atoms with van der Waals surface area (Å²) in [6, 6.07) is 0.675. The predicted octanol–water partition coefficient (Wildman–Crippen LogP) is -0.604. The highest BCUT2D eigenvalue weighted by Crippen LogP contribution is 2.40. The number of nitrogen functional groups attached to an aromatic ring is 1. The Hall–Kier alpha value is -4.07. The van der Waals surface area contributed by atoms with Crippen LogP contribution in [0.3, 0.4) is 0 Å². The van der Waals surface area contributed by atoms with Crippen LogP contribution in [0, 0.1) is 5.92 Å². The number of ether oxygens (including phenoxy) is 1. The number of nitrogens with zero attached hydrogens (tertiary/aromatic N) is 4. The quantitative estimate of drug-likeness (QED) is 0.0689. The summed E-state index contributed by atoms with van der Waals surface area (Å²) in [5.74, 6) is -4.91. The Morgan fingerprint density at radius 3 is 2.53 bits per heavy atom. The smallest absolute Gasteiger partial charge is 0.418 e. The fourth-order valence-electron chi connectivity index (χ4n) is 3.44. The molecule has 1 aliphatic heterocycles. The van der Waals surface area contributed by atoms with Gasteiger partial charge in [0.1, 0.15) is 11.4 Å². The fourth-order valence-corrected chi connectivity index (χ4v) is 4.44. The van der Waals surface area contributed by atoms with Crippen LogP contribution in [0.25, 0.3) is 0 Å². The standard InChI is InChI=1S/C19H21N5O12S2/c1-19(2)8(16(28)24(19)36-38(31,32)33)4-12(26)14(9-7-37-18(20)21-9)22-35-15(17(29)34-3)10-5-11(25)13(27)6-23(10)30/h5-8,15,27,30H,4H2,1-3H3,(H2,20,21)(H,31,32,33)/b22-14-/t8-,15?/m1/s1. The topological polar surface area (TPSA) is 250 Å². The summed E-state index contributed by atoms with van der Waals surface area (Å²) in [6.45, 7) is 2.76. The van der Waals surface area contributed by atoms with Gasteiger partial charge in [0.2, 0.25) is 5.43 Å². The van der Waals surface area contributed by atoms with Crippen LogP contribution >= 0.6 is 11.3 Å². The highest BCUT2D eigenvalue weighted by Gasteiger charge is 2.57. The Bertz CT molecular complexity index is 1480. The monoisotopic (exact) mass is 575 g/mol. The van der Waals surface area contributed by atoms with Crippen molar-refractivity contribution < 1.29 is 51.5 Å². The van der Waals surface area contributed by atoms with Gasteiger partial charge in [0.25, 0.3) is 12.0 Å². The number of oxime groups is 1. The zero-order valence-electron chi connectivity index (χ0n) is 19.8. The minimum Gasteiger partial charge on any atom is -0.503 e. The summed E-state index contributed by atoms with van der Waals surface area (Å²) >= 11 is 0.927. The van der Waals surface area contributed by atoms with Gasteiger partial charge in [-0.15, -0.1) is 15.6 Å². The first-order valence-corrected chi connectivity index (χ1v) is 12.5. The Morgan fingerprint density at radius 2 is 2.00 bits per heavy atom. The number of nitrogens with two attached hydrogens (primary N) is 1. The predicted molar refractivity (Wildman–Crippen MR) is 125 cm³/mol. The van der Waals surface area contributed by atoms with Gasteiger partial charge >= 0.3 is 16.4 Å². The minimum atomic E-state index is -5.01. The molecule has 1 aliphatic rings. The molecule has 2 aromatic rings. The number of aromatic nitrogens is 2. The van der Waals surface area contributed by atoms with Crippen molar-refractivity contribution in [2.75, 3.05) is 12.8 Å². The SMILES string of the molecule is COC(=O)C(O/N=C(\C(=O)C[C@@H]1C(=O)N(OS(=O)(=O)O)C1(C)C)c1csc(N)n1)c1cc(=O)c(O)cn1O. The van der Waals surface area contributed by atoms with Crippen LogP contribution < -0.4 is 11.2 Å². The Morgan fingerprint density at radius 1 is 1.34 bits per heavy atom. The molecule has 2 atom stereocenters. The average molecular weight is 576 g/mol. The largest absolute Gasteiger partial charge is 0.503 e. The minimum absolute atomic E-state index is 0.0283. The molecule has 1 fully saturated rings. The Kier molecular flexibility index (Phi) is 7.77. The van der Waals surface area contributed by atoms with Gasteiger partial charge in [-0.25, -0.2) is 9.78 Å². The van der Waals surface area contributed by atoms with E-state index in [9.17, 15) is 37.9 Å². The van der Waals surface area contributed by atoms with Gasteiger partial charge in [-0.2, -0.15) is 18.2 Å². The lowest BCUT2D eigenvalue weighted by atomic mass is 9.74. The zero-order valence-corrected chi connectivity index (χ0v) is 21.4. The number of hydroxylamine groups is 2. The molecule has 19 heteroatoms. The van der Waals surface area contributed by atoms with Crippen molar-refractivity contribution in [2.24, 2.45) is 11.1 Å². The zero-order chi connectivity index (χ0) is 28.6. The molecule has 3 heterocycles. The first-order chi connectivity index (χ1) is 17.6. The highest BCUT2D eigenvalue weighted by atomic mass is 32.3. The molecule has 206 valence electrons. The van der Waals surface area contributed by atoms with Gasteiger partial charge in [0.05, 0.1) is 24.8 Å². The summed E-state index contributed by atoms with van der Waals surface area (Å²) < 4.78 is 40.0. The lowest BCUT2D eigenvalue weighted by Crippen LogP contribution is -2.68. The second-order valence-electron chi connectivity index (χ2n) is 8.28. The van der Waals surface area contributed by atoms with E-state index in [0.29, 0.717) is 17.3 Å². The molecule has 1 unspecified atom stereocenters. The van der Waals surface area contributed by atoms with Crippen LogP contribution in [0.15, 0.2) is 27.6 Å². The number of methoxy groups -OCH3 is 1. The molecule has 17 nitrogen and oxygen atoms in total. The summed E-state index contributed by atoms with van der Waals surface area (Å²) in [5.41, 5.74) is 2.17. The number of thiazole rings is 1. The van der Waals surface area contributed by atoms with Crippen molar-refractivity contribution in [1.29, 1.82) is 0 Å². The van der Waals surface area contributed by atoms with Crippen LogP contribution in [0.5, 0.6) is 5.75 Å². The third-order valence-corrected chi connectivity index (χ3v) is 6.45. The molecule has 5 N–H and O–H groups in total. The second kappa shape index (κ2) is 10.4. The molecule has 1 saturated heterocycles. The summed E-state index contributed by atoms with van der Waals surface area (Å²) in [6.07, 6.45) is -1.88. The van der Waals surface area contributed by atoms with Gasteiger partial charge in [-0.05, 0) is 13.8 Å². The van der Waals surface area contributed by atoms with Crippen LogP contribution in [0.4, 0.5) is 5.13 Å². The van der Waals surface area contributed by atoms with Crippen molar-refractivity contribution in [3.05, 3.63) is 39.3 Å². The summed E-state index contributed by atoms with van der Waals surface area (Å²) in [4.78, 5) is 59.0. The third kappa shape index (κ3) is 5.74. The molecule has 2 aromatic heterocycles. The Labute approximate surface area is 217 Å². The number of amides is 1. The molecule has 38 heavy (non-hydrogen) atoms. The van der Waals surface area contributed by atoms with E-state index in [2.05, 4.69) is 19.2 Å². The number of esters is 1. The number of carbonyl (C=O) groups is 3. The molecule has 1 amide bonds. The van der Waals surface area contributed by atoms with Crippen molar-refractivity contribution in [1.82, 2.24) is 14.8 Å². The molecule has 0 radical (unpaired) electrons. The van der Waals surface area contributed by atoms with E-state index in [1.54, 1.807) is 0 Å². The van der Waals surface area contributed by atoms with Gasteiger partial charge in [-0.1, -0.05) is 5.16 Å². The van der Waals surface area contributed by atoms with Gasteiger partial charge in [0, 0.05) is 17.9 Å². The number of pyridine rings is 1. The lowest BCUT2D eigenvalue weighted by molar-refractivity contribution is -0.228. The van der Waals surface area contributed by atoms with E-state index in [0.717, 1.165) is 18.4 Å². The second-order valence-corrected chi connectivity index (χ2v) is 10.2. The molecule has 0 spiro atoms. The van der Waals surface area contributed by atoms with E-state index in [-0.39, 0.29) is 15.6 Å². The number of ketones is 1. The number of rotatable bonds is 10. The van der Waals surface area contributed by atoms with Gasteiger partial charge < -0.3 is 25.6 Å². The first-order valence-electron chi connectivity index (χ1n) is 10.3. The molecule has 0 saturated carbocycles. The summed E-state index contributed by atoms with van der Waals surface area (Å²) in [5, 5.41) is 25.0. The molecule has 3 rings (SSSR count). The van der Waals surface area contributed by atoms with Gasteiger partial charge in [-0.3, -0.25) is 18.9 Å². The van der Waals surface area contributed by atoms with E-state index in [4.69, 9.17) is 15.1 Å². The molecular formula is C19H21N5O12S2. The van der Waals surface area contributed by atoms with Crippen molar-refractivity contribution in [3.8, 4) is 5.75 Å². The molecule has 0 aromatic carbocycles. The molecule has 0 bridgehead atoms. The van der Waals surface area contributed by atoms with Gasteiger partial charge in [0.15, 0.2) is 22.4 Å². The van der Waals surface area contributed by atoms with Crippen LogP contribution in [0.2, 0.25) is 0 Å². The third-order valence-electron chi connectivity index (χ3n) is 5.44. The van der Waals surface area contributed by atoms with Crippen molar-refractivity contribution >= 4 is 50.2 Å². The number of Topliss-reactive ketones (excluding diaryl/α,β-unsaturated/α-hetero) is 1. The number of β-lactam (4-membered cyclic amide) rings is 1. The first kappa shape index (κ1) is 28.5. The molecular weight excluding hydrogens is 554 g/mol. The number of hydrogen-bond donors (Lipinski definition) is 4. The number of carbonyl (C=O) groups excluding carboxylic acids is 3. The van der Waals surface area contributed by atoms with Crippen molar-refractivity contribution in [3.63, 3.8) is 0 Å². The summed E-state index contributed by atoms with van der Waals surface area (Å²) in [7, 11) is -4.04. The van der Waals surface area contributed by atoms with Crippen molar-refractivity contribution in [2.45, 2.75) is 31.9 Å². The maximum absolute atomic E-state index is 13.2. The van der Waals surface area contributed by atoms with E-state index >= 15 is 0 Å². The van der Waals surface area contributed by atoms with E-state index < -0.39 is 74.6 Å². The molecule has 0 aliphatic carbocycles. The van der Waals surface area contributed by atoms with Crippen LogP contribution in [0.1, 0.15) is 37.8 Å². The number of hydrogen-bond acceptors (Lipinski definition) is 15. The lowest BCUT2D eigenvalue weighted by Gasteiger charge is -2.50. The highest BCUT2D eigenvalue weighted by molar-refractivity contribution is 7.80. The van der Waals surface area contributed by atoms with Crippen LogP contribution in [-0.2, 0) is 38.6 Å². The van der Waals surface area contributed by atoms with E-state index in [1.165, 1.54) is 19.2 Å². The average Bonchev–Trinajstić information content (AvgIpc) is 3.25. The number of anilines is 1. The van der Waals surface area contributed by atoms with Crippen LogP contribution in [-0.4, -0.2) is 74.1 Å².